The topological polar surface area (TPSA) is 61.8 Å². The molecular formula is C32H32ClF2N5O2. The van der Waals surface area contributed by atoms with Gasteiger partial charge in [-0.05, 0) is 62.5 Å². The lowest BCUT2D eigenvalue weighted by atomic mass is 9.96. The largest absolute Gasteiger partial charge is 0.462 e. The highest BCUT2D eigenvalue weighted by molar-refractivity contribution is 6.37. The minimum Gasteiger partial charge on any atom is -0.462 e. The van der Waals surface area contributed by atoms with Gasteiger partial charge in [0.2, 0.25) is 5.91 Å². The van der Waals surface area contributed by atoms with Gasteiger partial charge >= 0.3 is 6.01 Å². The molecule has 0 N–H and O–H groups in total. The fourth-order valence-electron chi connectivity index (χ4n) is 6.11. The van der Waals surface area contributed by atoms with Crippen LogP contribution in [0.1, 0.15) is 19.8 Å². The summed E-state index contributed by atoms with van der Waals surface area (Å²) in [5.74, 6) is -0.724. The van der Waals surface area contributed by atoms with Gasteiger partial charge in [-0.2, -0.15) is 9.97 Å². The number of aromatic nitrogens is 2. The Bertz CT molecular complexity index is 1700. The highest BCUT2D eigenvalue weighted by Crippen LogP contribution is 2.40. The summed E-state index contributed by atoms with van der Waals surface area (Å²) < 4.78 is 37.2. The number of hydrogen-bond acceptors (Lipinski definition) is 6. The number of carbonyl (C=O) groups excluding carboxylic acids is 1. The third-order valence-electron chi connectivity index (χ3n) is 8.45. The number of fused-ring (bicyclic) bond motifs is 2. The standard InChI is InChI=1S/C32H32ClF2N5O2/c1-4-26(41)39-15-16-40(19(2)17-39)31-24-12-11-23(22-9-5-7-20-10-13-25(34)28(33)27(20)22)29(35)30(24)36-32(37-31)42-18-21-8-6-14-38(21)3/h4-5,7,9-13,19,21H,1,6,8,14-18H2,2-3H3/t19-,21-/m0/s1. The highest BCUT2D eigenvalue weighted by Gasteiger charge is 2.30. The lowest BCUT2D eigenvalue weighted by Crippen LogP contribution is -2.53. The molecule has 0 bridgehead atoms. The zero-order valence-corrected chi connectivity index (χ0v) is 24.4. The van der Waals surface area contributed by atoms with Gasteiger partial charge in [0, 0.05) is 48.1 Å². The van der Waals surface area contributed by atoms with E-state index in [0.717, 1.165) is 19.4 Å². The summed E-state index contributed by atoms with van der Waals surface area (Å²) in [6.07, 6.45) is 3.41. The van der Waals surface area contributed by atoms with Crippen molar-refractivity contribution in [2.75, 3.05) is 44.7 Å². The Morgan fingerprint density at radius 1 is 1.12 bits per heavy atom. The number of ether oxygens (including phenoxy) is 1. The molecule has 6 rings (SSSR count). The fraction of sp³-hybridized carbons (Fsp3) is 0.344. The Labute approximate surface area is 248 Å². The monoisotopic (exact) mass is 591 g/mol. The van der Waals surface area contributed by atoms with E-state index >= 15 is 4.39 Å². The van der Waals surface area contributed by atoms with Crippen LogP contribution >= 0.6 is 11.6 Å². The van der Waals surface area contributed by atoms with Crippen molar-refractivity contribution in [3.63, 3.8) is 0 Å². The van der Waals surface area contributed by atoms with E-state index < -0.39 is 11.6 Å². The summed E-state index contributed by atoms with van der Waals surface area (Å²) in [5, 5.41) is 1.60. The van der Waals surface area contributed by atoms with Gasteiger partial charge in [-0.25, -0.2) is 8.78 Å². The van der Waals surface area contributed by atoms with E-state index in [0.29, 0.717) is 53.8 Å². The zero-order chi connectivity index (χ0) is 29.5. The van der Waals surface area contributed by atoms with Crippen LogP contribution in [0, 0.1) is 11.6 Å². The van der Waals surface area contributed by atoms with Gasteiger partial charge in [0.05, 0.1) is 5.02 Å². The van der Waals surface area contributed by atoms with Gasteiger partial charge in [-0.3, -0.25) is 4.79 Å². The third-order valence-corrected chi connectivity index (χ3v) is 8.82. The highest BCUT2D eigenvalue weighted by atomic mass is 35.5. The van der Waals surface area contributed by atoms with E-state index in [4.69, 9.17) is 21.3 Å². The molecule has 0 unspecified atom stereocenters. The van der Waals surface area contributed by atoms with Crippen molar-refractivity contribution >= 4 is 45.0 Å². The van der Waals surface area contributed by atoms with Crippen LogP contribution in [-0.2, 0) is 4.79 Å². The second-order valence-electron chi connectivity index (χ2n) is 11.0. The maximum atomic E-state index is 16.6. The second kappa shape index (κ2) is 11.5. The van der Waals surface area contributed by atoms with Crippen molar-refractivity contribution < 1.29 is 18.3 Å². The molecule has 4 aromatic rings. The number of nitrogens with zero attached hydrogens (tertiary/aromatic N) is 5. The van der Waals surface area contributed by atoms with E-state index in [1.165, 1.54) is 12.1 Å². The molecule has 2 atom stereocenters. The van der Waals surface area contributed by atoms with Crippen LogP contribution in [0.25, 0.3) is 32.8 Å². The minimum absolute atomic E-state index is 0.0588. The Morgan fingerprint density at radius 3 is 2.69 bits per heavy atom. The van der Waals surface area contributed by atoms with Crippen LogP contribution < -0.4 is 9.64 Å². The molecule has 2 aliphatic heterocycles. The van der Waals surface area contributed by atoms with Crippen LogP contribution in [-0.4, -0.2) is 77.6 Å². The number of benzene rings is 3. The van der Waals surface area contributed by atoms with Crippen molar-refractivity contribution in [2.45, 2.75) is 31.8 Å². The predicted octanol–water partition coefficient (Wildman–Crippen LogP) is 6.08. The summed E-state index contributed by atoms with van der Waals surface area (Å²) >= 11 is 6.39. The lowest BCUT2D eigenvalue weighted by Gasteiger charge is -2.40. The number of halogens is 3. The summed E-state index contributed by atoms with van der Waals surface area (Å²) in [5.41, 5.74) is 0.825. The molecule has 218 valence electrons. The van der Waals surface area contributed by atoms with Gasteiger partial charge in [-0.1, -0.05) is 48.5 Å². The average molecular weight is 592 g/mol. The molecule has 2 fully saturated rings. The molecule has 42 heavy (non-hydrogen) atoms. The van der Waals surface area contributed by atoms with E-state index in [9.17, 15) is 9.18 Å². The third kappa shape index (κ3) is 5.05. The normalized spacial score (nSPS) is 19.5. The number of piperazine rings is 1. The Hall–Kier alpha value is -3.82. The van der Waals surface area contributed by atoms with E-state index in [1.54, 1.807) is 35.2 Å². The number of rotatable bonds is 6. The molecule has 10 heteroatoms. The SMILES string of the molecule is C=CC(=O)N1CCN(c2nc(OC[C@@H]3CCCN3C)nc3c(F)c(-c4cccc5ccc(F)c(Cl)c45)ccc23)[C@@H](C)C1. The molecule has 1 amide bonds. The van der Waals surface area contributed by atoms with E-state index in [1.807, 2.05) is 13.0 Å². The van der Waals surface area contributed by atoms with E-state index in [-0.39, 0.29) is 40.1 Å². The maximum absolute atomic E-state index is 16.6. The van der Waals surface area contributed by atoms with Crippen molar-refractivity contribution in [1.82, 2.24) is 19.8 Å². The summed E-state index contributed by atoms with van der Waals surface area (Å²) in [4.78, 5) is 27.7. The molecule has 0 radical (unpaired) electrons. The summed E-state index contributed by atoms with van der Waals surface area (Å²) in [6.45, 7) is 8.44. The van der Waals surface area contributed by atoms with Gasteiger partial charge in [-0.15, -0.1) is 0 Å². The Kier molecular flexibility index (Phi) is 7.72. The Morgan fingerprint density at radius 2 is 1.95 bits per heavy atom. The quantitative estimate of drug-likeness (QED) is 0.253. The Balaban J connectivity index is 1.47. The number of carbonyl (C=O) groups is 1. The number of anilines is 1. The van der Waals surface area contributed by atoms with Crippen LogP contribution in [0.15, 0.2) is 55.1 Å². The number of likely N-dealkylation sites (tertiary alicyclic amines) is 1. The summed E-state index contributed by atoms with van der Waals surface area (Å²) in [7, 11) is 2.06. The molecule has 2 saturated heterocycles. The van der Waals surface area contributed by atoms with E-state index in [2.05, 4.69) is 28.4 Å². The first-order valence-electron chi connectivity index (χ1n) is 14.1. The fourth-order valence-corrected chi connectivity index (χ4v) is 6.39. The first-order valence-corrected chi connectivity index (χ1v) is 14.5. The van der Waals surface area contributed by atoms with Crippen molar-refractivity contribution in [3.8, 4) is 17.1 Å². The van der Waals surface area contributed by atoms with Gasteiger partial charge in [0.1, 0.15) is 23.8 Å². The molecule has 0 saturated carbocycles. The number of hydrogen-bond donors (Lipinski definition) is 0. The van der Waals surface area contributed by atoms with Crippen LogP contribution in [0.4, 0.5) is 14.6 Å². The number of likely N-dealkylation sites (N-methyl/N-ethyl adjacent to an activating group) is 1. The smallest absolute Gasteiger partial charge is 0.319 e. The molecule has 3 aromatic carbocycles. The molecule has 7 nitrogen and oxygen atoms in total. The van der Waals surface area contributed by atoms with Gasteiger partial charge < -0.3 is 19.4 Å². The number of amides is 1. The average Bonchev–Trinajstić information content (AvgIpc) is 3.41. The molecule has 3 heterocycles. The van der Waals surface area contributed by atoms with Crippen molar-refractivity contribution in [3.05, 3.63) is 71.8 Å². The minimum atomic E-state index is -0.571. The zero-order valence-electron chi connectivity index (χ0n) is 23.6. The van der Waals surface area contributed by atoms with Gasteiger partial charge in [0.15, 0.2) is 5.82 Å². The molecular weight excluding hydrogens is 560 g/mol. The second-order valence-corrected chi connectivity index (χ2v) is 11.4. The molecule has 0 aliphatic carbocycles. The summed E-state index contributed by atoms with van der Waals surface area (Å²) in [6, 6.07) is 11.9. The van der Waals surface area contributed by atoms with Crippen molar-refractivity contribution in [2.24, 2.45) is 0 Å². The predicted molar refractivity (Wildman–Crippen MR) is 162 cm³/mol. The van der Waals surface area contributed by atoms with Gasteiger partial charge in [0.25, 0.3) is 0 Å². The maximum Gasteiger partial charge on any atom is 0.319 e. The van der Waals surface area contributed by atoms with Crippen LogP contribution in [0.3, 0.4) is 0 Å². The molecule has 0 spiro atoms. The molecule has 2 aliphatic rings. The van der Waals surface area contributed by atoms with Crippen LogP contribution in [0.5, 0.6) is 6.01 Å². The van der Waals surface area contributed by atoms with Crippen molar-refractivity contribution in [1.29, 1.82) is 0 Å². The molecule has 1 aromatic heterocycles. The lowest BCUT2D eigenvalue weighted by molar-refractivity contribution is -0.126. The first-order chi connectivity index (χ1) is 20.3. The first kappa shape index (κ1) is 28.3. The van der Waals surface area contributed by atoms with Crippen LogP contribution in [0.2, 0.25) is 5.02 Å².